The highest BCUT2D eigenvalue weighted by Gasteiger charge is 2.25. The fourth-order valence-electron chi connectivity index (χ4n) is 4.28. The number of nitrogens with zero attached hydrogens (tertiary/aromatic N) is 2. The largest absolute Gasteiger partial charge is 0.348 e. The number of hydrogen-bond acceptors (Lipinski definition) is 5. The van der Waals surface area contributed by atoms with Crippen LogP contribution in [0.25, 0.3) is 0 Å². The molecule has 0 aromatic heterocycles. The number of piperazine rings is 1. The van der Waals surface area contributed by atoms with Crippen LogP contribution >= 0.6 is 0 Å². The summed E-state index contributed by atoms with van der Waals surface area (Å²) in [5.41, 5.74) is 3.28. The van der Waals surface area contributed by atoms with E-state index in [1.165, 1.54) is 0 Å². The fraction of sp³-hybridized carbons (Fsp3) is 0.286. The Morgan fingerprint density at radius 1 is 0.811 bits per heavy atom. The fourth-order valence-corrected chi connectivity index (χ4v) is 5.36. The van der Waals surface area contributed by atoms with Gasteiger partial charge in [-0.2, -0.15) is 4.31 Å². The summed E-state index contributed by atoms with van der Waals surface area (Å²) < 4.78 is 25.7. The molecule has 4 rings (SSSR count). The second kappa shape index (κ2) is 12.1. The Hall–Kier alpha value is -3.53. The van der Waals surface area contributed by atoms with E-state index in [-0.39, 0.29) is 17.6 Å². The topological polar surface area (TPSA) is 98.8 Å². The Morgan fingerprint density at radius 3 is 2.22 bits per heavy atom. The molecule has 0 radical (unpaired) electrons. The van der Waals surface area contributed by atoms with Gasteiger partial charge >= 0.3 is 0 Å². The van der Waals surface area contributed by atoms with Gasteiger partial charge in [-0.25, -0.2) is 8.42 Å². The van der Waals surface area contributed by atoms with Gasteiger partial charge in [0.1, 0.15) is 0 Å². The smallest absolute Gasteiger partial charge is 0.255 e. The first-order valence-electron chi connectivity index (χ1n) is 12.4. The second-order valence-corrected chi connectivity index (χ2v) is 11.2. The molecule has 9 heteroatoms. The van der Waals surface area contributed by atoms with Crippen LogP contribution in [-0.2, 0) is 23.1 Å². The van der Waals surface area contributed by atoms with Crippen molar-refractivity contribution in [1.82, 2.24) is 14.5 Å². The molecule has 8 nitrogen and oxygen atoms in total. The van der Waals surface area contributed by atoms with Gasteiger partial charge in [-0.1, -0.05) is 54.6 Å². The van der Waals surface area contributed by atoms with Crippen molar-refractivity contribution in [3.63, 3.8) is 0 Å². The molecule has 2 N–H and O–H groups in total. The van der Waals surface area contributed by atoms with E-state index < -0.39 is 10.0 Å². The minimum atomic E-state index is -3.17. The summed E-state index contributed by atoms with van der Waals surface area (Å²) in [6.45, 7) is 4.90. The summed E-state index contributed by atoms with van der Waals surface area (Å²) in [5, 5.41) is 5.78. The Balaban J connectivity index is 1.37. The molecule has 1 heterocycles. The van der Waals surface area contributed by atoms with Crippen LogP contribution in [0.1, 0.15) is 38.8 Å². The van der Waals surface area contributed by atoms with E-state index in [1.807, 2.05) is 48.5 Å². The van der Waals surface area contributed by atoms with Crippen LogP contribution < -0.4 is 10.6 Å². The lowest BCUT2D eigenvalue weighted by molar-refractivity contribution is 0.0951. The first kappa shape index (κ1) is 26.5. The van der Waals surface area contributed by atoms with Crippen molar-refractivity contribution < 1.29 is 18.0 Å². The van der Waals surface area contributed by atoms with Crippen molar-refractivity contribution in [2.45, 2.75) is 20.0 Å². The highest BCUT2D eigenvalue weighted by molar-refractivity contribution is 7.89. The Bertz CT molecular complexity index is 1340. The third-order valence-corrected chi connectivity index (χ3v) is 8.28. The number of benzene rings is 3. The van der Waals surface area contributed by atoms with E-state index in [9.17, 15) is 18.0 Å². The van der Waals surface area contributed by atoms with Gasteiger partial charge in [0, 0.05) is 44.8 Å². The monoisotopic (exact) mass is 520 g/mol. The molecule has 3 aromatic carbocycles. The van der Waals surface area contributed by atoms with Crippen molar-refractivity contribution in [3.05, 3.63) is 101 Å². The van der Waals surface area contributed by atoms with E-state index in [0.717, 1.165) is 11.1 Å². The quantitative estimate of drug-likeness (QED) is 0.451. The van der Waals surface area contributed by atoms with Crippen LogP contribution in [0, 0.1) is 0 Å². The average molecular weight is 521 g/mol. The predicted octanol–water partition coefficient (Wildman–Crippen LogP) is 3.34. The van der Waals surface area contributed by atoms with Crippen molar-refractivity contribution in [3.8, 4) is 0 Å². The second-order valence-electron chi connectivity index (χ2n) is 8.94. The van der Waals surface area contributed by atoms with Gasteiger partial charge < -0.3 is 10.6 Å². The van der Waals surface area contributed by atoms with E-state index >= 15 is 0 Å². The number of amides is 2. The summed E-state index contributed by atoms with van der Waals surface area (Å²) in [7, 11) is -3.17. The van der Waals surface area contributed by atoms with Crippen molar-refractivity contribution in [2.24, 2.45) is 0 Å². The van der Waals surface area contributed by atoms with Gasteiger partial charge in [0.2, 0.25) is 10.0 Å². The number of para-hydroxylation sites is 1. The minimum Gasteiger partial charge on any atom is -0.348 e. The van der Waals surface area contributed by atoms with Crippen LogP contribution in [0.4, 0.5) is 5.69 Å². The lowest BCUT2D eigenvalue weighted by Crippen LogP contribution is -2.48. The first-order chi connectivity index (χ1) is 17.9. The Morgan fingerprint density at radius 2 is 1.49 bits per heavy atom. The number of carbonyl (C=O) groups excluding carboxylic acids is 2. The van der Waals surface area contributed by atoms with Crippen LogP contribution in [-0.4, -0.2) is 61.4 Å². The Kier molecular flexibility index (Phi) is 8.70. The molecule has 0 spiro atoms. The zero-order chi connectivity index (χ0) is 26.3. The number of rotatable bonds is 9. The van der Waals surface area contributed by atoms with Crippen molar-refractivity contribution in [1.29, 1.82) is 0 Å². The molecule has 194 valence electrons. The van der Waals surface area contributed by atoms with Crippen LogP contribution in [0.2, 0.25) is 0 Å². The lowest BCUT2D eigenvalue weighted by Gasteiger charge is -2.33. The van der Waals surface area contributed by atoms with Crippen LogP contribution in [0.15, 0.2) is 78.9 Å². The zero-order valence-electron chi connectivity index (χ0n) is 20.9. The summed E-state index contributed by atoms with van der Waals surface area (Å²) in [5.74, 6) is -0.455. The predicted molar refractivity (Wildman–Crippen MR) is 145 cm³/mol. The first-order valence-corrected chi connectivity index (χ1v) is 14.0. The molecular formula is C28H32N4O4S. The Labute approximate surface area is 218 Å². The summed E-state index contributed by atoms with van der Waals surface area (Å²) in [4.78, 5) is 28.1. The molecule has 37 heavy (non-hydrogen) atoms. The number of carbonyl (C=O) groups is 2. The van der Waals surface area contributed by atoms with E-state index in [0.29, 0.717) is 56.1 Å². The van der Waals surface area contributed by atoms with Crippen LogP contribution in [0.3, 0.4) is 0 Å². The molecule has 0 unspecified atom stereocenters. The third kappa shape index (κ3) is 7.03. The van der Waals surface area contributed by atoms with E-state index in [2.05, 4.69) is 15.5 Å². The molecule has 1 aliphatic rings. The molecule has 0 bridgehead atoms. The van der Waals surface area contributed by atoms with Gasteiger partial charge in [0.15, 0.2) is 0 Å². The standard InChI is InChI=1S/C28H32N4O4S/c1-2-37(35,36)32-17-15-31(16-18-32)21-23-11-8-12-24(19-23)27(33)30-26-14-7-6-13-25(26)28(34)29-20-22-9-4-3-5-10-22/h3-14,19H,2,15-18,20-21H2,1H3,(H,29,34)(H,30,33). The van der Waals surface area contributed by atoms with Gasteiger partial charge in [-0.3, -0.25) is 14.5 Å². The number of anilines is 1. The van der Waals surface area contributed by atoms with Gasteiger partial charge in [0.05, 0.1) is 17.0 Å². The molecule has 1 fully saturated rings. The molecule has 1 saturated heterocycles. The van der Waals surface area contributed by atoms with Gasteiger partial charge in [0.25, 0.3) is 11.8 Å². The molecule has 0 atom stereocenters. The molecule has 1 aliphatic heterocycles. The molecule has 3 aromatic rings. The number of nitrogens with one attached hydrogen (secondary N) is 2. The van der Waals surface area contributed by atoms with E-state index in [4.69, 9.17) is 0 Å². The van der Waals surface area contributed by atoms with Crippen molar-refractivity contribution in [2.75, 3.05) is 37.2 Å². The maximum absolute atomic E-state index is 13.1. The minimum absolute atomic E-state index is 0.113. The highest BCUT2D eigenvalue weighted by atomic mass is 32.2. The van der Waals surface area contributed by atoms with Gasteiger partial charge in [-0.15, -0.1) is 0 Å². The molecular weight excluding hydrogens is 488 g/mol. The average Bonchev–Trinajstić information content (AvgIpc) is 2.93. The lowest BCUT2D eigenvalue weighted by atomic mass is 10.1. The normalized spacial score (nSPS) is 14.7. The summed E-state index contributed by atoms with van der Waals surface area (Å²) in [6.07, 6.45) is 0. The van der Waals surface area contributed by atoms with E-state index in [1.54, 1.807) is 41.6 Å². The molecule has 0 aliphatic carbocycles. The molecule has 2 amide bonds. The number of hydrogen-bond donors (Lipinski definition) is 2. The maximum atomic E-state index is 13.1. The maximum Gasteiger partial charge on any atom is 0.255 e. The SMILES string of the molecule is CCS(=O)(=O)N1CCN(Cc2cccc(C(=O)Nc3ccccc3C(=O)NCc3ccccc3)c2)CC1. The number of sulfonamides is 1. The summed E-state index contributed by atoms with van der Waals surface area (Å²) >= 11 is 0. The summed E-state index contributed by atoms with van der Waals surface area (Å²) in [6, 6.07) is 23.9. The van der Waals surface area contributed by atoms with Crippen molar-refractivity contribution >= 4 is 27.5 Å². The third-order valence-electron chi connectivity index (χ3n) is 6.40. The van der Waals surface area contributed by atoms with Crippen LogP contribution in [0.5, 0.6) is 0 Å². The zero-order valence-corrected chi connectivity index (χ0v) is 21.7. The van der Waals surface area contributed by atoms with Gasteiger partial charge in [-0.05, 0) is 42.3 Å². The molecule has 0 saturated carbocycles. The highest BCUT2D eigenvalue weighted by Crippen LogP contribution is 2.18.